The van der Waals surface area contributed by atoms with Gasteiger partial charge in [0.15, 0.2) is 0 Å². The average Bonchev–Trinajstić information content (AvgIpc) is 2.14. The first kappa shape index (κ1) is 12.9. The molecule has 0 saturated carbocycles. The molecule has 0 rings (SSSR count). The van der Waals surface area contributed by atoms with Crippen molar-refractivity contribution in [2.75, 3.05) is 6.54 Å². The first-order valence-corrected chi connectivity index (χ1v) is 4.72. The summed E-state index contributed by atoms with van der Waals surface area (Å²) in [6.45, 7) is 2.25. The van der Waals surface area contributed by atoms with Crippen LogP contribution in [-0.2, 0) is 9.59 Å². The fourth-order valence-corrected chi connectivity index (χ4v) is 0.891. The molecule has 14 heavy (non-hydrogen) atoms. The lowest BCUT2D eigenvalue weighted by atomic mass is 10.2. The van der Waals surface area contributed by atoms with Crippen LogP contribution in [0.3, 0.4) is 0 Å². The van der Waals surface area contributed by atoms with E-state index in [4.69, 9.17) is 10.2 Å². The molecular weight excluding hydrogens is 186 g/mol. The Morgan fingerprint density at radius 2 is 2.00 bits per heavy atom. The molecule has 0 aromatic rings. The van der Waals surface area contributed by atoms with Crippen molar-refractivity contribution in [3.63, 3.8) is 0 Å². The summed E-state index contributed by atoms with van der Waals surface area (Å²) in [6, 6.07) is 0. The first-order chi connectivity index (χ1) is 6.56. The summed E-state index contributed by atoms with van der Waals surface area (Å²) in [4.78, 5) is 21.1. The van der Waals surface area contributed by atoms with E-state index in [1.54, 1.807) is 0 Å². The van der Waals surface area contributed by atoms with Gasteiger partial charge in [-0.1, -0.05) is 6.92 Å². The number of rotatable bonds is 7. The quantitative estimate of drug-likeness (QED) is 0.549. The van der Waals surface area contributed by atoms with Gasteiger partial charge in [0.25, 0.3) is 0 Å². The molecule has 0 radical (unpaired) electrons. The van der Waals surface area contributed by atoms with Gasteiger partial charge in [0.1, 0.15) is 0 Å². The summed E-state index contributed by atoms with van der Waals surface area (Å²) in [6.07, 6.45) is 0.620. The highest BCUT2D eigenvalue weighted by Crippen LogP contribution is 1.95. The van der Waals surface area contributed by atoms with Gasteiger partial charge in [-0.2, -0.15) is 0 Å². The zero-order valence-electron chi connectivity index (χ0n) is 8.32. The molecular formula is C9H17NO4. The Hall–Kier alpha value is -1.10. The second-order valence-corrected chi connectivity index (χ2v) is 3.09. The molecule has 0 bridgehead atoms. The number of aliphatic carboxylic acids is 1. The van der Waals surface area contributed by atoms with Gasteiger partial charge in [-0.3, -0.25) is 9.59 Å². The van der Waals surface area contributed by atoms with Crippen molar-refractivity contribution in [2.45, 2.75) is 38.7 Å². The lowest BCUT2D eigenvalue weighted by Gasteiger charge is -2.08. The SMILES string of the molecule is CCC(O)CCNC(=O)CCC(=O)O. The van der Waals surface area contributed by atoms with Crippen molar-refractivity contribution < 1.29 is 19.8 Å². The maximum Gasteiger partial charge on any atom is 0.303 e. The minimum atomic E-state index is -0.978. The summed E-state index contributed by atoms with van der Waals surface area (Å²) >= 11 is 0. The first-order valence-electron chi connectivity index (χ1n) is 4.72. The zero-order chi connectivity index (χ0) is 11.0. The Balaban J connectivity index is 3.40. The minimum absolute atomic E-state index is 0.00243. The number of hydrogen-bond acceptors (Lipinski definition) is 3. The molecule has 3 N–H and O–H groups in total. The van der Waals surface area contributed by atoms with Gasteiger partial charge in [-0.25, -0.2) is 0 Å². The van der Waals surface area contributed by atoms with Crippen LogP contribution in [0.15, 0.2) is 0 Å². The third-order valence-electron chi connectivity index (χ3n) is 1.84. The second-order valence-electron chi connectivity index (χ2n) is 3.09. The third kappa shape index (κ3) is 7.54. The number of amides is 1. The maximum atomic E-state index is 11.0. The number of nitrogens with one attached hydrogen (secondary N) is 1. The zero-order valence-corrected chi connectivity index (χ0v) is 8.32. The van der Waals surface area contributed by atoms with E-state index < -0.39 is 12.1 Å². The normalized spacial score (nSPS) is 12.1. The Morgan fingerprint density at radius 3 is 2.50 bits per heavy atom. The van der Waals surface area contributed by atoms with Gasteiger partial charge in [0.05, 0.1) is 12.5 Å². The number of carbonyl (C=O) groups excluding carboxylic acids is 1. The molecule has 82 valence electrons. The monoisotopic (exact) mass is 203 g/mol. The van der Waals surface area contributed by atoms with Crippen molar-refractivity contribution >= 4 is 11.9 Å². The Morgan fingerprint density at radius 1 is 1.36 bits per heavy atom. The molecule has 1 amide bonds. The van der Waals surface area contributed by atoms with Crippen LogP contribution in [-0.4, -0.2) is 34.7 Å². The van der Waals surface area contributed by atoms with Crippen LogP contribution in [0.25, 0.3) is 0 Å². The molecule has 5 nitrogen and oxygen atoms in total. The average molecular weight is 203 g/mol. The largest absolute Gasteiger partial charge is 0.481 e. The molecule has 0 aromatic heterocycles. The van der Waals surface area contributed by atoms with Crippen LogP contribution in [0.2, 0.25) is 0 Å². The lowest BCUT2D eigenvalue weighted by molar-refractivity contribution is -0.138. The van der Waals surface area contributed by atoms with Gasteiger partial charge in [0, 0.05) is 13.0 Å². The van der Waals surface area contributed by atoms with Crippen LogP contribution >= 0.6 is 0 Å². The molecule has 0 aromatic carbocycles. The molecule has 0 aliphatic rings. The van der Waals surface area contributed by atoms with E-state index in [2.05, 4.69) is 5.32 Å². The summed E-state index contributed by atoms with van der Waals surface area (Å²) < 4.78 is 0. The van der Waals surface area contributed by atoms with Crippen LogP contribution < -0.4 is 5.32 Å². The highest BCUT2D eigenvalue weighted by molar-refractivity contribution is 5.80. The smallest absolute Gasteiger partial charge is 0.303 e. The minimum Gasteiger partial charge on any atom is -0.481 e. The predicted octanol–water partition coefficient (Wildman–Crippen LogP) is 0.128. The molecule has 0 aliphatic heterocycles. The topological polar surface area (TPSA) is 86.6 Å². The van der Waals surface area contributed by atoms with Gasteiger partial charge >= 0.3 is 5.97 Å². The molecule has 0 saturated heterocycles. The number of carboxylic acid groups (broad SMARTS) is 1. The van der Waals surface area contributed by atoms with Crippen molar-refractivity contribution in [3.05, 3.63) is 0 Å². The van der Waals surface area contributed by atoms with E-state index in [9.17, 15) is 9.59 Å². The van der Waals surface area contributed by atoms with Gasteiger partial charge in [0.2, 0.25) is 5.91 Å². The summed E-state index contributed by atoms with van der Waals surface area (Å²) in [5, 5.41) is 20.0. The van der Waals surface area contributed by atoms with Crippen LogP contribution in [0.5, 0.6) is 0 Å². The fourth-order valence-electron chi connectivity index (χ4n) is 0.891. The Kier molecular flexibility index (Phi) is 6.74. The van der Waals surface area contributed by atoms with Gasteiger partial charge in [-0.05, 0) is 12.8 Å². The second kappa shape index (κ2) is 7.32. The van der Waals surface area contributed by atoms with E-state index in [-0.39, 0.29) is 18.7 Å². The van der Waals surface area contributed by atoms with E-state index in [0.717, 1.165) is 0 Å². The van der Waals surface area contributed by atoms with Crippen molar-refractivity contribution in [1.29, 1.82) is 0 Å². The highest BCUT2D eigenvalue weighted by atomic mass is 16.4. The summed E-state index contributed by atoms with van der Waals surface area (Å²) in [5.74, 6) is -1.26. The molecule has 0 aliphatic carbocycles. The van der Waals surface area contributed by atoms with Gasteiger partial charge < -0.3 is 15.5 Å². The molecule has 0 heterocycles. The van der Waals surface area contributed by atoms with E-state index >= 15 is 0 Å². The number of aliphatic hydroxyl groups is 1. The summed E-state index contributed by atoms with van der Waals surface area (Å²) in [5.41, 5.74) is 0. The third-order valence-corrected chi connectivity index (χ3v) is 1.84. The highest BCUT2D eigenvalue weighted by Gasteiger charge is 2.05. The van der Waals surface area contributed by atoms with E-state index in [0.29, 0.717) is 19.4 Å². The predicted molar refractivity (Wildman–Crippen MR) is 50.8 cm³/mol. The Bertz CT molecular complexity index is 193. The molecule has 1 unspecified atom stereocenters. The van der Waals surface area contributed by atoms with Crippen LogP contribution in [0.4, 0.5) is 0 Å². The van der Waals surface area contributed by atoms with Crippen molar-refractivity contribution in [3.8, 4) is 0 Å². The van der Waals surface area contributed by atoms with E-state index in [1.807, 2.05) is 6.92 Å². The molecule has 0 spiro atoms. The summed E-state index contributed by atoms with van der Waals surface area (Å²) in [7, 11) is 0. The van der Waals surface area contributed by atoms with E-state index in [1.165, 1.54) is 0 Å². The van der Waals surface area contributed by atoms with Crippen molar-refractivity contribution in [2.24, 2.45) is 0 Å². The lowest BCUT2D eigenvalue weighted by Crippen LogP contribution is -2.27. The molecule has 0 fully saturated rings. The standard InChI is InChI=1S/C9H17NO4/c1-2-7(11)5-6-10-8(12)3-4-9(13)14/h7,11H,2-6H2,1H3,(H,10,12)(H,13,14). The number of carbonyl (C=O) groups is 2. The van der Waals surface area contributed by atoms with Gasteiger partial charge in [-0.15, -0.1) is 0 Å². The maximum absolute atomic E-state index is 11.0. The molecule has 1 atom stereocenters. The number of aliphatic hydroxyl groups excluding tert-OH is 1. The Labute approximate surface area is 83.1 Å². The number of carboxylic acids is 1. The van der Waals surface area contributed by atoms with Crippen LogP contribution in [0, 0.1) is 0 Å². The fraction of sp³-hybridized carbons (Fsp3) is 0.778. The molecule has 5 heteroatoms. The van der Waals surface area contributed by atoms with Crippen molar-refractivity contribution in [1.82, 2.24) is 5.32 Å². The number of hydrogen-bond donors (Lipinski definition) is 3. The van der Waals surface area contributed by atoms with Crippen LogP contribution in [0.1, 0.15) is 32.6 Å².